The van der Waals surface area contributed by atoms with E-state index < -0.39 is 0 Å². The Morgan fingerprint density at radius 3 is 0.0426 bits per heavy atom. The van der Waals surface area contributed by atoms with E-state index in [-0.39, 0.29) is 1410 Å². The smallest absolute Gasteiger partial charge is 0 e. The third-order valence-electron chi connectivity index (χ3n) is 0. The van der Waals surface area contributed by atoms with Crippen LogP contribution in [-0.4, -0.2) is 0 Å². The van der Waals surface area contributed by atoms with Gasteiger partial charge in [-0.15, -0.1) is 0 Å². The van der Waals surface area contributed by atoms with Crippen molar-refractivity contribution < 1.29 is 1400 Å². The van der Waals surface area contributed by atoms with E-state index in [0.717, 1.165) is 0 Å². The van der Waals surface area contributed by atoms with Crippen LogP contribution in [0.25, 0.3) is 0 Å². The summed E-state index contributed by atoms with van der Waals surface area (Å²) in [5.41, 5.74) is 0. The number of hydrogen-bond donors (Lipinski definition) is 0. The molecule has 0 aromatic rings. The first-order valence-corrected chi connectivity index (χ1v) is 0. The van der Waals surface area contributed by atoms with Gasteiger partial charge in [-0.3, -0.25) is 0 Å². The van der Waals surface area contributed by atoms with E-state index in [0.29, 0.717) is 0 Å². The zero-order valence-corrected chi connectivity index (χ0v) is 212. The number of hydrogen-bond acceptors (Lipinski definition) is 0. The summed E-state index contributed by atoms with van der Waals surface area (Å²) in [6.45, 7) is 0. The largest absolute Gasteiger partial charge is 0.358 e. The van der Waals surface area contributed by atoms with Crippen LogP contribution in [0.3, 0.4) is 0 Å². The maximum atomic E-state index is 0. The molecule has 0 spiro atoms. The van der Waals surface area contributed by atoms with E-state index in [1.165, 1.54) is 0 Å². The molecule has 0 atom stereocenters. The molecule has 0 bridgehead atoms. The first-order chi connectivity index (χ1) is 0. The fourth-order valence-electron chi connectivity index (χ4n) is 0. The predicted octanol–water partition coefficient (Wildman–Crippen LogP) is 0.901. The summed E-state index contributed by atoms with van der Waals surface area (Å²) < 4.78 is 0. The summed E-state index contributed by atoms with van der Waals surface area (Å²) in [4.78, 5) is 0. The molecule has 0 aliphatic heterocycles. The van der Waals surface area contributed by atoms with Gasteiger partial charge in [-0.1, -0.05) is 0 Å². The third kappa shape index (κ3) is 347. The van der Waals surface area contributed by atoms with Crippen LogP contribution in [-0.2, 0) is 0 Å². The molecule has 0 rings (SSSR count). The molecule has 0 heterocycles. The van der Waals surface area contributed by atoms with Crippen molar-refractivity contribution in [1.29, 1.82) is 0 Å². The van der Waals surface area contributed by atoms with Crippen molar-refractivity contribution in [1.82, 2.24) is 0 Å². The van der Waals surface area contributed by atoms with Gasteiger partial charge in [-0.05, 0) is 0 Å². The van der Waals surface area contributed by atoms with Crippen LogP contribution in [0.5, 0.6) is 0 Å². The van der Waals surface area contributed by atoms with Crippen molar-refractivity contribution in [3.63, 3.8) is 0 Å². The Bertz CT molecular complexity index is 11.9. The summed E-state index contributed by atoms with van der Waals surface area (Å²) >= 11 is 0. The van der Waals surface area contributed by atoms with Crippen molar-refractivity contribution in [2.45, 2.75) is 0 Å². The Kier molecular flexibility index (Phi) is 2770. The molecule has 0 saturated heterocycles. The second-order valence-electron chi connectivity index (χ2n) is 0. The fraction of sp³-hybridized carbons (Fsp3) is 0. The van der Waals surface area contributed by atoms with Gasteiger partial charge in [-0.25, -0.2) is 0 Å². The van der Waals surface area contributed by atoms with Gasteiger partial charge in [0.05, 0.1) is 0 Å². The Hall–Kier alpha value is 47.3. The summed E-state index contributed by atoms with van der Waals surface area (Å²) in [5, 5.41) is 0. The van der Waals surface area contributed by atoms with E-state index >= 15 is 0 Å². The van der Waals surface area contributed by atoms with Gasteiger partial charge in [-0.2, -0.15) is 0 Å². The van der Waals surface area contributed by atoms with Gasteiger partial charge in [0.25, 0.3) is 0 Å². The minimum Gasteiger partial charge on any atom is -0.358 e. The summed E-state index contributed by atoms with van der Waals surface area (Å²) in [5.74, 6) is 0. The second-order valence-corrected chi connectivity index (χ2v) is 0. The molecular formula is C2H6U45-2. The molecule has 45 heteroatoms. The van der Waals surface area contributed by atoms with Crippen LogP contribution in [0.2, 0.25) is 0 Å². The fourth-order valence-corrected chi connectivity index (χ4v) is 0. The Labute approximate surface area is 1360 Å². The van der Waals surface area contributed by atoms with E-state index in [1.54, 1.807) is 0 Å². The van der Waals surface area contributed by atoms with Gasteiger partial charge in [0.15, 0.2) is 0 Å². The maximum absolute atomic E-state index is 0. The monoisotopic (exact) mass is 10700 g/mol. The van der Waals surface area contributed by atoms with Gasteiger partial charge in [0.2, 0.25) is 0 Å². The molecule has 0 nitrogen and oxygen atoms in total. The molecule has 196 valence electrons. The Balaban J connectivity index is 0. The predicted molar refractivity (Wildman–Crippen MR) is 12.8 cm³/mol. The van der Waals surface area contributed by atoms with Gasteiger partial charge in [0, 0.05) is 1400 Å². The molecule has 0 amide bonds. The minimum atomic E-state index is 0. The zero-order chi connectivity index (χ0) is 0. The normalized spacial score (nSPS) is 0. The van der Waals surface area contributed by atoms with Crippen LogP contribution in [0.1, 0.15) is 0 Å². The van der Waals surface area contributed by atoms with Crippen molar-refractivity contribution in [2.75, 3.05) is 0 Å². The van der Waals surface area contributed by atoms with Gasteiger partial charge < -0.3 is 14.9 Å². The first-order valence-electron chi connectivity index (χ1n) is 0. The van der Waals surface area contributed by atoms with Gasteiger partial charge in [0.1, 0.15) is 0 Å². The SMILES string of the molecule is [CH3-].[CH3-].[U].[U].[U].[U].[U].[U].[U].[U].[U].[U].[U].[U].[U].[U].[U].[U].[U].[U].[U].[U].[U].[U].[U].[U].[U].[U].[U].[U].[U].[U].[U].[U].[U].[U].[U].[U].[U].[U].[U].[U].[U].[U].[U].[U].[U]. The molecule has 0 N–H and O–H groups in total. The Morgan fingerprint density at radius 1 is 0.0426 bits per heavy atom. The molecule has 0 unspecified atom stereocenters. The van der Waals surface area contributed by atoms with Crippen molar-refractivity contribution >= 4 is 0 Å². The number of rotatable bonds is 0. The quantitative estimate of drug-likeness (QED) is 0.317. The van der Waals surface area contributed by atoms with Crippen LogP contribution in [0, 0.1) is 1410 Å². The maximum Gasteiger partial charge on any atom is 0 e. The molecule has 0 fully saturated rings. The standard InChI is InChI=1S/2CH3.45U/h2*1H3;;;;;;;;;;;;;;;;;;;;;;;;;;;;;;;;;;;;;;;;;;;;;/q2*-1;;;;;;;;;;;;;;;;;;;;;;;;;;;;;;;;;;;;;;;;;;;;;. The van der Waals surface area contributed by atoms with Crippen LogP contribution < -0.4 is 0 Å². The minimum absolute atomic E-state index is 0. The second kappa shape index (κ2) is 355. The van der Waals surface area contributed by atoms with Crippen LogP contribution in [0.15, 0.2) is 0 Å². The van der Waals surface area contributed by atoms with Crippen molar-refractivity contribution in [3.05, 3.63) is 14.9 Å². The van der Waals surface area contributed by atoms with E-state index in [1.807, 2.05) is 0 Å². The summed E-state index contributed by atoms with van der Waals surface area (Å²) in [6, 6.07) is 0. The average Bonchev–Trinajstić information content (AvgIpc) is 0. The van der Waals surface area contributed by atoms with Gasteiger partial charge >= 0.3 is 0 Å². The molecule has 47 heavy (non-hydrogen) atoms. The molecule has 0 aromatic carbocycles. The van der Waals surface area contributed by atoms with Crippen molar-refractivity contribution in [3.8, 4) is 0 Å². The van der Waals surface area contributed by atoms with E-state index in [4.69, 9.17) is 0 Å². The van der Waals surface area contributed by atoms with E-state index in [2.05, 4.69) is 0 Å². The van der Waals surface area contributed by atoms with Crippen LogP contribution in [0.4, 0.5) is 0 Å². The molecule has 0 aromatic heterocycles. The topological polar surface area (TPSA) is 0 Å². The summed E-state index contributed by atoms with van der Waals surface area (Å²) in [7, 11) is 0. The van der Waals surface area contributed by atoms with Crippen LogP contribution >= 0.6 is 0 Å². The van der Waals surface area contributed by atoms with Crippen molar-refractivity contribution in [2.24, 2.45) is 0 Å². The zero-order valence-electron chi connectivity index (χ0n) is 24.5. The molecule has 0 radical (unpaired) electrons. The molecular weight excluding hydrogens is 10700 g/mol. The van der Waals surface area contributed by atoms with E-state index in [9.17, 15) is 0 Å². The molecule has 0 aliphatic carbocycles. The first kappa shape index (κ1) is 367. The summed E-state index contributed by atoms with van der Waals surface area (Å²) in [6.07, 6.45) is 0. The third-order valence-corrected chi connectivity index (χ3v) is 0. The Morgan fingerprint density at radius 2 is 0.0426 bits per heavy atom. The molecule has 0 saturated carbocycles. The molecule has 0 aliphatic rings. The average molecular weight is 10700 g/mol.